The maximum atomic E-state index is 11.4. The largest absolute Gasteiger partial charge is 0.343 e. The molecule has 0 aliphatic carbocycles. The van der Waals surface area contributed by atoms with E-state index in [9.17, 15) is 4.79 Å². The van der Waals surface area contributed by atoms with Gasteiger partial charge in [-0.25, -0.2) is 0 Å². The second-order valence-electron chi connectivity index (χ2n) is 3.77. The Morgan fingerprint density at radius 3 is 2.54 bits per heavy atom. The van der Waals surface area contributed by atoms with Crippen LogP contribution in [0.2, 0.25) is 0 Å². The summed E-state index contributed by atoms with van der Waals surface area (Å²) < 4.78 is 0. The first kappa shape index (κ1) is 10.5. The molecule has 1 aliphatic rings. The first-order chi connectivity index (χ1) is 6.27. The van der Waals surface area contributed by atoms with Crippen LogP contribution in [0.15, 0.2) is 0 Å². The van der Waals surface area contributed by atoms with Gasteiger partial charge in [0.1, 0.15) is 0 Å². The Bertz CT molecular complexity index is 162. The van der Waals surface area contributed by atoms with Gasteiger partial charge in [-0.3, -0.25) is 4.79 Å². The summed E-state index contributed by atoms with van der Waals surface area (Å²) in [5.74, 6) is 1.07. The van der Waals surface area contributed by atoms with Crippen LogP contribution in [0, 0.1) is 5.92 Å². The summed E-state index contributed by atoms with van der Waals surface area (Å²) in [5.41, 5.74) is 5.34. The zero-order chi connectivity index (χ0) is 9.68. The monoisotopic (exact) mass is 184 g/mol. The maximum Gasteiger partial charge on any atom is 0.223 e. The fraction of sp³-hybridized carbons (Fsp3) is 0.900. The van der Waals surface area contributed by atoms with Crippen molar-refractivity contribution in [1.29, 1.82) is 0 Å². The molecule has 0 aromatic rings. The van der Waals surface area contributed by atoms with Gasteiger partial charge in [-0.15, -0.1) is 0 Å². The third-order valence-electron chi connectivity index (χ3n) is 2.90. The minimum Gasteiger partial charge on any atom is -0.343 e. The molecule has 1 aliphatic heterocycles. The van der Waals surface area contributed by atoms with Gasteiger partial charge in [0.05, 0.1) is 0 Å². The van der Waals surface area contributed by atoms with Gasteiger partial charge in [0.25, 0.3) is 0 Å². The van der Waals surface area contributed by atoms with Crippen LogP contribution < -0.4 is 5.73 Å². The predicted octanol–water partition coefficient (Wildman–Crippen LogP) is 0.984. The summed E-state index contributed by atoms with van der Waals surface area (Å²) in [5, 5.41) is 0. The van der Waals surface area contributed by atoms with Crippen LogP contribution in [-0.2, 0) is 4.79 Å². The molecule has 0 atom stereocenters. The first-order valence-corrected chi connectivity index (χ1v) is 5.25. The molecule has 0 saturated carbocycles. The lowest BCUT2D eigenvalue weighted by molar-refractivity contribution is -0.132. The molecule has 1 saturated heterocycles. The number of rotatable bonds is 3. The van der Waals surface area contributed by atoms with Crippen molar-refractivity contribution in [2.24, 2.45) is 11.7 Å². The standard InChI is InChI=1S/C10H20N2O/c1-2-9-4-7-12(8-5-9)10(13)3-6-11/h9H,2-8,11H2,1H3. The second kappa shape index (κ2) is 5.22. The van der Waals surface area contributed by atoms with Crippen molar-refractivity contribution in [3.05, 3.63) is 0 Å². The molecule has 1 heterocycles. The Morgan fingerprint density at radius 1 is 1.46 bits per heavy atom. The molecule has 0 bridgehead atoms. The minimum absolute atomic E-state index is 0.233. The molecular weight excluding hydrogens is 164 g/mol. The van der Waals surface area contributed by atoms with E-state index in [-0.39, 0.29) is 5.91 Å². The molecule has 1 amide bonds. The highest BCUT2D eigenvalue weighted by molar-refractivity contribution is 5.76. The van der Waals surface area contributed by atoms with E-state index in [2.05, 4.69) is 6.92 Å². The van der Waals surface area contributed by atoms with Crippen molar-refractivity contribution in [2.45, 2.75) is 32.6 Å². The van der Waals surface area contributed by atoms with Gasteiger partial charge in [-0.2, -0.15) is 0 Å². The highest BCUT2D eigenvalue weighted by atomic mass is 16.2. The van der Waals surface area contributed by atoms with E-state index in [0.29, 0.717) is 13.0 Å². The molecule has 76 valence electrons. The Hall–Kier alpha value is -0.570. The van der Waals surface area contributed by atoms with Crippen molar-refractivity contribution in [3.8, 4) is 0 Å². The summed E-state index contributed by atoms with van der Waals surface area (Å²) in [4.78, 5) is 13.4. The lowest BCUT2D eigenvalue weighted by Crippen LogP contribution is -2.39. The summed E-state index contributed by atoms with van der Waals surface area (Å²) >= 11 is 0. The van der Waals surface area contributed by atoms with Crippen molar-refractivity contribution in [3.63, 3.8) is 0 Å². The highest BCUT2D eigenvalue weighted by Crippen LogP contribution is 2.19. The van der Waals surface area contributed by atoms with Crippen LogP contribution in [0.5, 0.6) is 0 Å². The number of hydrogen-bond acceptors (Lipinski definition) is 2. The quantitative estimate of drug-likeness (QED) is 0.711. The van der Waals surface area contributed by atoms with E-state index >= 15 is 0 Å². The molecule has 0 spiro atoms. The van der Waals surface area contributed by atoms with Crippen LogP contribution in [-0.4, -0.2) is 30.4 Å². The number of amides is 1. The summed E-state index contributed by atoms with van der Waals surface area (Å²) in [6.07, 6.45) is 4.11. The van der Waals surface area contributed by atoms with Crippen molar-refractivity contribution in [1.82, 2.24) is 4.90 Å². The van der Waals surface area contributed by atoms with Crippen LogP contribution >= 0.6 is 0 Å². The Morgan fingerprint density at radius 2 is 2.08 bits per heavy atom. The van der Waals surface area contributed by atoms with E-state index in [1.165, 1.54) is 19.3 Å². The van der Waals surface area contributed by atoms with Gasteiger partial charge in [0.2, 0.25) is 5.91 Å². The molecule has 0 radical (unpaired) electrons. The van der Waals surface area contributed by atoms with E-state index in [4.69, 9.17) is 5.73 Å². The zero-order valence-corrected chi connectivity index (χ0v) is 8.46. The lowest BCUT2D eigenvalue weighted by Gasteiger charge is -2.31. The Balaban J connectivity index is 2.28. The number of carbonyl (C=O) groups is 1. The predicted molar refractivity (Wildman–Crippen MR) is 53.3 cm³/mol. The third-order valence-corrected chi connectivity index (χ3v) is 2.90. The topological polar surface area (TPSA) is 46.3 Å². The Kier molecular flexibility index (Phi) is 4.22. The molecule has 13 heavy (non-hydrogen) atoms. The fourth-order valence-electron chi connectivity index (χ4n) is 1.87. The number of piperidine rings is 1. The van der Waals surface area contributed by atoms with Gasteiger partial charge in [-0.05, 0) is 18.8 Å². The summed E-state index contributed by atoms with van der Waals surface area (Å²) in [7, 11) is 0. The van der Waals surface area contributed by atoms with E-state index in [1.54, 1.807) is 0 Å². The Labute approximate surface area is 80.3 Å². The highest BCUT2D eigenvalue weighted by Gasteiger charge is 2.20. The van der Waals surface area contributed by atoms with Crippen molar-refractivity contribution < 1.29 is 4.79 Å². The van der Waals surface area contributed by atoms with Crippen molar-refractivity contribution >= 4 is 5.91 Å². The summed E-state index contributed by atoms with van der Waals surface area (Å²) in [6, 6.07) is 0. The van der Waals surface area contributed by atoms with Gasteiger partial charge in [-0.1, -0.05) is 13.3 Å². The van der Waals surface area contributed by atoms with Gasteiger partial charge >= 0.3 is 0 Å². The molecule has 3 heteroatoms. The molecule has 0 aromatic carbocycles. The number of likely N-dealkylation sites (tertiary alicyclic amines) is 1. The van der Waals surface area contributed by atoms with Gasteiger partial charge in [0.15, 0.2) is 0 Å². The molecule has 3 nitrogen and oxygen atoms in total. The number of nitrogens with two attached hydrogens (primary N) is 1. The average Bonchev–Trinajstić information content (AvgIpc) is 2.18. The summed E-state index contributed by atoms with van der Waals surface area (Å²) in [6.45, 7) is 4.59. The van der Waals surface area contributed by atoms with E-state index in [0.717, 1.165) is 19.0 Å². The van der Waals surface area contributed by atoms with Crippen LogP contribution in [0.3, 0.4) is 0 Å². The maximum absolute atomic E-state index is 11.4. The van der Waals surface area contributed by atoms with E-state index < -0.39 is 0 Å². The number of nitrogens with zero attached hydrogens (tertiary/aromatic N) is 1. The number of carbonyl (C=O) groups excluding carboxylic acids is 1. The first-order valence-electron chi connectivity index (χ1n) is 5.25. The minimum atomic E-state index is 0.233. The smallest absolute Gasteiger partial charge is 0.223 e. The molecule has 1 rings (SSSR count). The molecular formula is C10H20N2O. The zero-order valence-electron chi connectivity index (χ0n) is 8.46. The molecule has 0 unspecified atom stereocenters. The normalized spacial score (nSPS) is 19.1. The lowest BCUT2D eigenvalue weighted by atomic mass is 9.94. The third kappa shape index (κ3) is 2.99. The van der Waals surface area contributed by atoms with Crippen LogP contribution in [0.25, 0.3) is 0 Å². The average molecular weight is 184 g/mol. The SMILES string of the molecule is CCC1CCN(C(=O)CCN)CC1. The molecule has 1 fully saturated rings. The van der Waals surface area contributed by atoms with Crippen LogP contribution in [0.4, 0.5) is 0 Å². The van der Waals surface area contributed by atoms with Gasteiger partial charge < -0.3 is 10.6 Å². The second-order valence-corrected chi connectivity index (χ2v) is 3.77. The molecule has 0 aromatic heterocycles. The van der Waals surface area contributed by atoms with Crippen molar-refractivity contribution in [2.75, 3.05) is 19.6 Å². The molecule has 2 N–H and O–H groups in total. The fourth-order valence-corrected chi connectivity index (χ4v) is 1.87. The van der Waals surface area contributed by atoms with Crippen LogP contribution in [0.1, 0.15) is 32.6 Å². The van der Waals surface area contributed by atoms with E-state index in [1.807, 2.05) is 4.90 Å². The number of hydrogen-bond donors (Lipinski definition) is 1. The van der Waals surface area contributed by atoms with Gasteiger partial charge in [0, 0.05) is 26.1 Å².